The van der Waals surface area contributed by atoms with Gasteiger partial charge in [-0.25, -0.2) is 9.97 Å². The van der Waals surface area contributed by atoms with Crippen LogP contribution in [0.1, 0.15) is 38.6 Å². The maximum absolute atomic E-state index is 13.1. The Morgan fingerprint density at radius 1 is 1.02 bits per heavy atom. The second kappa shape index (κ2) is 10.5. The minimum Gasteiger partial charge on any atom is -0.393 e. The van der Waals surface area contributed by atoms with Gasteiger partial charge in [0, 0.05) is 12.1 Å². The van der Waals surface area contributed by atoms with Crippen molar-refractivity contribution in [3.63, 3.8) is 0 Å². The first-order chi connectivity index (χ1) is 20.1. The maximum atomic E-state index is 13.1. The summed E-state index contributed by atoms with van der Waals surface area (Å²) in [6, 6.07) is 0. The van der Waals surface area contributed by atoms with Crippen LogP contribution >= 0.6 is 0 Å². The van der Waals surface area contributed by atoms with E-state index in [1.807, 2.05) is 0 Å². The minimum absolute atomic E-state index is 0.0316. The molecule has 4 atom stereocenters. The van der Waals surface area contributed by atoms with Gasteiger partial charge < -0.3 is 26.0 Å². The summed E-state index contributed by atoms with van der Waals surface area (Å²) in [7, 11) is -4.14. The molecule has 1 fully saturated rings. The van der Waals surface area contributed by atoms with Crippen molar-refractivity contribution in [2.24, 2.45) is 0 Å². The number of nitrogens with zero attached hydrogens (tertiary/aromatic N) is 6. The number of aromatic amines is 2. The molecule has 6 rings (SSSR count). The number of hydrogen-bond donors (Lipinski definition) is 7. The number of hydrogen-bond acceptors (Lipinski definition) is 13. The van der Waals surface area contributed by atoms with Gasteiger partial charge in [-0.1, -0.05) is 6.92 Å². The number of rotatable bonds is 9. The average molecular weight is 605 g/mol. The van der Waals surface area contributed by atoms with Gasteiger partial charge in [-0.15, -0.1) is 0 Å². The zero-order chi connectivity index (χ0) is 29.8. The van der Waals surface area contributed by atoms with E-state index in [1.165, 1.54) is 17.2 Å². The third-order valence-electron chi connectivity index (χ3n) is 7.10. The standard InChI is InChI=1S/C22H28N12O7S/c1-2-10-13(11(6-35)41-20(10)34-8-26-15-17(34)29-22(24)31-19(15)37)32-42(38,39)27-5-9-3-4-12(40-9)33-7-25-14-16(33)28-21(23)30-18(14)36/h7-9,11-12,20,27,32,35H,2-6H2,1H3,(H3,23,28,30,36)(H3,24,29,31,37). The first-order valence-electron chi connectivity index (χ1n) is 12.9. The Labute approximate surface area is 236 Å². The molecule has 0 spiro atoms. The number of nitrogens with one attached hydrogen (secondary N) is 4. The van der Waals surface area contributed by atoms with Crippen LogP contribution in [0.5, 0.6) is 0 Å². The molecule has 2 aliphatic rings. The third-order valence-corrected chi connectivity index (χ3v) is 8.14. The lowest BCUT2D eigenvalue weighted by atomic mass is 10.1. The normalized spacial score (nSPS) is 23.0. The number of aliphatic hydroxyl groups is 1. The Morgan fingerprint density at radius 3 is 2.26 bits per heavy atom. The van der Waals surface area contributed by atoms with E-state index < -0.39 is 52.6 Å². The lowest BCUT2D eigenvalue weighted by Crippen LogP contribution is -2.42. The van der Waals surface area contributed by atoms with Crippen LogP contribution < -0.4 is 32.0 Å². The van der Waals surface area contributed by atoms with Gasteiger partial charge in [-0.05, 0) is 19.3 Å². The Kier molecular flexibility index (Phi) is 6.93. The monoisotopic (exact) mass is 604 g/mol. The molecule has 19 nitrogen and oxygen atoms in total. The Hall–Kier alpha value is -4.37. The number of anilines is 2. The summed E-state index contributed by atoms with van der Waals surface area (Å²) in [5.41, 5.74) is 11.6. The molecule has 42 heavy (non-hydrogen) atoms. The van der Waals surface area contributed by atoms with Gasteiger partial charge in [0.15, 0.2) is 28.6 Å². The number of H-pyrrole nitrogens is 2. The number of ether oxygens (including phenoxy) is 2. The topological polar surface area (TPSA) is 276 Å². The predicted molar refractivity (Wildman–Crippen MR) is 147 cm³/mol. The van der Waals surface area contributed by atoms with Crippen molar-refractivity contribution in [2.45, 2.75) is 50.8 Å². The van der Waals surface area contributed by atoms with Gasteiger partial charge in [0.25, 0.3) is 21.3 Å². The number of imidazole rings is 2. The third kappa shape index (κ3) is 4.87. The van der Waals surface area contributed by atoms with Gasteiger partial charge in [0.2, 0.25) is 11.9 Å². The smallest absolute Gasteiger partial charge is 0.299 e. The highest BCUT2D eigenvalue weighted by Gasteiger charge is 2.38. The molecule has 1 saturated heterocycles. The van der Waals surface area contributed by atoms with Gasteiger partial charge in [-0.2, -0.15) is 23.1 Å². The minimum atomic E-state index is -4.14. The fourth-order valence-corrected chi connectivity index (χ4v) is 6.23. The fraction of sp³-hybridized carbons (Fsp3) is 0.455. The SMILES string of the molecule is CCC1=C(NS(=O)(=O)NCC2CCC(n3cnc4c(=O)[nH]c(N)nc43)O2)C(CO)OC1n1cnc2c(=O)[nH]c(N)nc21. The molecule has 0 radical (unpaired) electrons. The van der Waals surface area contributed by atoms with Gasteiger partial charge in [0.05, 0.1) is 31.1 Å². The first kappa shape index (κ1) is 27.8. The van der Waals surface area contributed by atoms with E-state index in [0.29, 0.717) is 24.8 Å². The molecule has 0 bridgehead atoms. The number of aromatic nitrogens is 8. The highest BCUT2D eigenvalue weighted by molar-refractivity contribution is 7.87. The van der Waals surface area contributed by atoms with Gasteiger partial charge >= 0.3 is 0 Å². The van der Waals surface area contributed by atoms with Crippen LogP contribution in [0.25, 0.3) is 22.3 Å². The summed E-state index contributed by atoms with van der Waals surface area (Å²) < 4.78 is 46.2. The van der Waals surface area contributed by atoms with Crippen LogP contribution in [0.3, 0.4) is 0 Å². The largest absolute Gasteiger partial charge is 0.393 e. The maximum Gasteiger partial charge on any atom is 0.299 e. The molecule has 4 aromatic heterocycles. The molecule has 0 saturated carbocycles. The van der Waals surface area contributed by atoms with Crippen LogP contribution in [0.2, 0.25) is 0 Å². The van der Waals surface area contributed by atoms with E-state index in [1.54, 1.807) is 11.5 Å². The fourth-order valence-electron chi connectivity index (χ4n) is 5.20. The lowest BCUT2D eigenvalue weighted by molar-refractivity contribution is -0.0154. The zero-order valence-corrected chi connectivity index (χ0v) is 23.0. The van der Waals surface area contributed by atoms with Crippen LogP contribution in [0, 0.1) is 0 Å². The van der Waals surface area contributed by atoms with Gasteiger partial charge in [0.1, 0.15) is 12.3 Å². The molecule has 6 heterocycles. The molecule has 0 aliphatic carbocycles. The summed E-state index contributed by atoms with van der Waals surface area (Å²) >= 11 is 0. The Balaban J connectivity index is 1.17. The molecule has 4 unspecified atom stereocenters. The molecule has 4 aromatic rings. The van der Waals surface area contributed by atoms with Crippen LogP contribution in [0.4, 0.5) is 11.9 Å². The van der Waals surface area contributed by atoms with Crippen molar-refractivity contribution in [1.29, 1.82) is 0 Å². The summed E-state index contributed by atoms with van der Waals surface area (Å²) in [6.45, 7) is 1.22. The molecule has 0 aromatic carbocycles. The number of nitrogens with two attached hydrogens (primary N) is 2. The molecular formula is C22H28N12O7S. The molecular weight excluding hydrogens is 576 g/mol. The molecule has 224 valence electrons. The number of nitrogen functional groups attached to an aromatic ring is 2. The summed E-state index contributed by atoms with van der Waals surface area (Å²) in [5, 5.41) is 10.0. The van der Waals surface area contributed by atoms with Crippen molar-refractivity contribution < 1.29 is 23.0 Å². The summed E-state index contributed by atoms with van der Waals surface area (Å²) in [5.74, 6) is -0.178. The van der Waals surface area contributed by atoms with E-state index in [4.69, 9.17) is 20.9 Å². The van der Waals surface area contributed by atoms with Crippen LogP contribution in [-0.2, 0) is 19.7 Å². The van der Waals surface area contributed by atoms with E-state index >= 15 is 0 Å². The van der Waals surface area contributed by atoms with Crippen molar-refractivity contribution in [3.05, 3.63) is 44.6 Å². The Morgan fingerprint density at radius 2 is 1.64 bits per heavy atom. The first-order valence-corrected chi connectivity index (χ1v) is 14.4. The van der Waals surface area contributed by atoms with Crippen molar-refractivity contribution >= 4 is 44.4 Å². The average Bonchev–Trinajstić information content (AvgIpc) is 3.71. The molecule has 9 N–H and O–H groups in total. The summed E-state index contributed by atoms with van der Waals surface area (Å²) in [4.78, 5) is 45.5. The van der Waals surface area contributed by atoms with Crippen LogP contribution in [0.15, 0.2) is 33.5 Å². The zero-order valence-electron chi connectivity index (χ0n) is 22.1. The van der Waals surface area contributed by atoms with E-state index in [-0.39, 0.29) is 46.5 Å². The van der Waals surface area contributed by atoms with Crippen molar-refractivity contribution in [3.8, 4) is 0 Å². The van der Waals surface area contributed by atoms with E-state index in [0.717, 1.165) is 0 Å². The van der Waals surface area contributed by atoms with Gasteiger partial charge in [-0.3, -0.25) is 33.4 Å². The second-order valence-electron chi connectivity index (χ2n) is 9.75. The van der Waals surface area contributed by atoms with E-state index in [9.17, 15) is 23.1 Å². The number of aliphatic hydroxyl groups excluding tert-OH is 1. The van der Waals surface area contributed by atoms with Crippen molar-refractivity contribution in [1.82, 2.24) is 48.5 Å². The van der Waals surface area contributed by atoms with Crippen LogP contribution in [-0.4, -0.2) is 77.9 Å². The highest BCUT2D eigenvalue weighted by atomic mass is 32.2. The predicted octanol–water partition coefficient (Wildman–Crippen LogP) is -1.93. The quantitative estimate of drug-likeness (QED) is 0.110. The Bertz CT molecular complexity index is 1930. The lowest BCUT2D eigenvalue weighted by Gasteiger charge is -2.18. The number of fused-ring (bicyclic) bond motifs is 2. The molecule has 0 amide bonds. The summed E-state index contributed by atoms with van der Waals surface area (Å²) in [6.07, 6.45) is 1.22. The van der Waals surface area contributed by atoms with E-state index in [2.05, 4.69) is 39.3 Å². The molecule has 2 aliphatic heterocycles. The molecule has 20 heteroatoms. The van der Waals surface area contributed by atoms with Crippen molar-refractivity contribution in [2.75, 3.05) is 24.6 Å². The highest BCUT2D eigenvalue weighted by Crippen LogP contribution is 2.37. The second-order valence-corrected chi connectivity index (χ2v) is 11.2.